The number of benzene rings is 2. The highest BCUT2D eigenvalue weighted by Crippen LogP contribution is 2.28. The third-order valence-corrected chi connectivity index (χ3v) is 3.49. The van der Waals surface area contributed by atoms with Crippen LogP contribution in [0.15, 0.2) is 55.1 Å². The molecule has 0 bridgehead atoms. The number of carbonyl (C=O) groups excluding carboxylic acids is 1. The van der Waals surface area contributed by atoms with Gasteiger partial charge in [0.25, 0.3) is 5.91 Å². The second kappa shape index (κ2) is 9.37. The van der Waals surface area contributed by atoms with E-state index in [2.05, 4.69) is 11.9 Å². The Bertz CT molecular complexity index is 727. The number of amides is 1. The first kappa shape index (κ1) is 18.4. The first-order chi connectivity index (χ1) is 12.2. The van der Waals surface area contributed by atoms with Crippen LogP contribution in [0.2, 0.25) is 0 Å². The fourth-order valence-corrected chi connectivity index (χ4v) is 2.30. The highest BCUT2D eigenvalue weighted by atomic mass is 16.5. The Morgan fingerprint density at radius 3 is 2.64 bits per heavy atom. The van der Waals surface area contributed by atoms with Crippen molar-refractivity contribution in [3.8, 4) is 17.2 Å². The second-order valence-corrected chi connectivity index (χ2v) is 5.19. The van der Waals surface area contributed by atoms with E-state index in [0.717, 1.165) is 11.3 Å². The minimum atomic E-state index is -0.195. The van der Waals surface area contributed by atoms with Crippen LogP contribution in [-0.4, -0.2) is 26.2 Å². The summed E-state index contributed by atoms with van der Waals surface area (Å²) in [5.74, 6) is 1.65. The molecule has 0 unspecified atom stereocenters. The molecule has 2 rings (SSSR count). The number of ether oxygens (including phenoxy) is 3. The Balaban J connectivity index is 2.07. The van der Waals surface area contributed by atoms with Crippen LogP contribution in [-0.2, 0) is 6.54 Å². The Kier molecular flexibility index (Phi) is 6.89. The molecule has 5 heteroatoms. The van der Waals surface area contributed by atoms with Gasteiger partial charge in [-0.25, -0.2) is 0 Å². The van der Waals surface area contributed by atoms with Gasteiger partial charge in [0.1, 0.15) is 12.4 Å². The maximum atomic E-state index is 12.4. The maximum absolute atomic E-state index is 12.4. The molecule has 0 aliphatic rings. The van der Waals surface area contributed by atoms with E-state index in [9.17, 15) is 4.79 Å². The van der Waals surface area contributed by atoms with E-state index in [4.69, 9.17) is 14.2 Å². The second-order valence-electron chi connectivity index (χ2n) is 5.19. The summed E-state index contributed by atoms with van der Waals surface area (Å²) in [4.78, 5) is 12.4. The smallest absolute Gasteiger partial charge is 0.251 e. The van der Waals surface area contributed by atoms with Gasteiger partial charge in [-0.2, -0.15) is 0 Å². The van der Waals surface area contributed by atoms with Gasteiger partial charge in [-0.3, -0.25) is 4.79 Å². The third kappa shape index (κ3) is 5.01. The zero-order valence-corrected chi connectivity index (χ0v) is 14.6. The molecule has 1 amide bonds. The highest BCUT2D eigenvalue weighted by Gasteiger charge is 2.12. The van der Waals surface area contributed by atoms with Crippen molar-refractivity contribution in [2.45, 2.75) is 13.5 Å². The number of para-hydroxylation sites is 1. The van der Waals surface area contributed by atoms with E-state index >= 15 is 0 Å². The molecule has 1 N–H and O–H groups in total. The lowest BCUT2D eigenvalue weighted by atomic mass is 10.1. The van der Waals surface area contributed by atoms with Crippen LogP contribution in [0, 0.1) is 0 Å². The zero-order chi connectivity index (χ0) is 18.1. The fourth-order valence-electron chi connectivity index (χ4n) is 2.30. The molecule has 0 fully saturated rings. The Hall–Kier alpha value is -2.95. The van der Waals surface area contributed by atoms with Gasteiger partial charge in [0.2, 0.25) is 0 Å². The number of hydrogen-bond acceptors (Lipinski definition) is 4. The summed E-state index contributed by atoms with van der Waals surface area (Å²) in [5, 5.41) is 2.90. The molecular weight excluding hydrogens is 318 g/mol. The Morgan fingerprint density at radius 1 is 1.12 bits per heavy atom. The van der Waals surface area contributed by atoms with Crippen molar-refractivity contribution in [1.29, 1.82) is 0 Å². The molecule has 0 saturated heterocycles. The molecule has 5 nitrogen and oxygen atoms in total. The number of nitrogens with one attached hydrogen (secondary N) is 1. The summed E-state index contributed by atoms with van der Waals surface area (Å²) in [7, 11) is 1.54. The molecule has 0 heterocycles. The Morgan fingerprint density at radius 2 is 1.92 bits per heavy atom. The van der Waals surface area contributed by atoms with E-state index < -0.39 is 0 Å². The van der Waals surface area contributed by atoms with Gasteiger partial charge in [-0.1, -0.05) is 30.9 Å². The quantitative estimate of drug-likeness (QED) is 0.708. The van der Waals surface area contributed by atoms with Gasteiger partial charge >= 0.3 is 0 Å². The summed E-state index contributed by atoms with van der Waals surface area (Å²) in [6, 6.07) is 12.7. The molecule has 132 valence electrons. The van der Waals surface area contributed by atoms with E-state index in [0.29, 0.717) is 36.8 Å². The lowest BCUT2D eigenvalue weighted by molar-refractivity contribution is 0.0950. The van der Waals surface area contributed by atoms with Crippen molar-refractivity contribution in [2.75, 3.05) is 20.3 Å². The normalized spacial score (nSPS) is 10.0. The van der Waals surface area contributed by atoms with Gasteiger partial charge < -0.3 is 19.5 Å². The SMILES string of the molecule is C=CCOc1ccc(C(=O)NCc2ccccc2OCC)cc1OC. The van der Waals surface area contributed by atoms with Crippen LogP contribution in [0.1, 0.15) is 22.8 Å². The first-order valence-corrected chi connectivity index (χ1v) is 8.10. The lowest BCUT2D eigenvalue weighted by Gasteiger charge is -2.13. The van der Waals surface area contributed by atoms with Crippen LogP contribution in [0.5, 0.6) is 17.2 Å². The zero-order valence-electron chi connectivity index (χ0n) is 14.6. The minimum absolute atomic E-state index is 0.195. The van der Waals surface area contributed by atoms with Gasteiger partial charge in [-0.05, 0) is 31.2 Å². The van der Waals surface area contributed by atoms with Gasteiger partial charge in [-0.15, -0.1) is 0 Å². The Labute approximate surface area is 148 Å². The predicted octanol–water partition coefficient (Wildman–Crippen LogP) is 3.59. The fraction of sp³-hybridized carbons (Fsp3) is 0.250. The van der Waals surface area contributed by atoms with Crippen molar-refractivity contribution in [3.05, 3.63) is 66.2 Å². The summed E-state index contributed by atoms with van der Waals surface area (Å²) in [6.45, 7) is 6.87. The number of rotatable bonds is 9. The topological polar surface area (TPSA) is 56.8 Å². The van der Waals surface area contributed by atoms with E-state index in [1.54, 1.807) is 24.3 Å². The van der Waals surface area contributed by atoms with Gasteiger partial charge in [0.15, 0.2) is 11.5 Å². The van der Waals surface area contributed by atoms with Gasteiger partial charge in [0, 0.05) is 17.7 Å². The summed E-state index contributed by atoms with van der Waals surface area (Å²) in [5.41, 5.74) is 1.42. The number of hydrogen-bond donors (Lipinski definition) is 1. The molecule has 0 aromatic heterocycles. The van der Waals surface area contributed by atoms with Crippen molar-refractivity contribution >= 4 is 5.91 Å². The van der Waals surface area contributed by atoms with E-state index in [-0.39, 0.29) is 5.91 Å². The van der Waals surface area contributed by atoms with Crippen molar-refractivity contribution in [1.82, 2.24) is 5.32 Å². The van der Waals surface area contributed by atoms with Crippen LogP contribution < -0.4 is 19.5 Å². The standard InChI is InChI=1S/C20H23NO4/c1-4-12-25-18-11-10-15(13-19(18)23-3)20(22)21-14-16-8-6-7-9-17(16)24-5-2/h4,6-11,13H,1,5,12,14H2,2-3H3,(H,21,22). The molecular formula is C20H23NO4. The molecule has 25 heavy (non-hydrogen) atoms. The molecule has 0 atom stereocenters. The molecule has 0 saturated carbocycles. The van der Waals surface area contributed by atoms with E-state index in [1.807, 2.05) is 31.2 Å². The summed E-state index contributed by atoms with van der Waals surface area (Å²) in [6.07, 6.45) is 1.65. The largest absolute Gasteiger partial charge is 0.494 e. The number of methoxy groups -OCH3 is 1. The first-order valence-electron chi connectivity index (χ1n) is 8.10. The monoisotopic (exact) mass is 341 g/mol. The molecule has 0 radical (unpaired) electrons. The minimum Gasteiger partial charge on any atom is -0.494 e. The van der Waals surface area contributed by atoms with Crippen molar-refractivity contribution in [3.63, 3.8) is 0 Å². The summed E-state index contributed by atoms with van der Waals surface area (Å²) < 4.78 is 16.3. The van der Waals surface area contributed by atoms with Crippen molar-refractivity contribution < 1.29 is 19.0 Å². The molecule has 0 spiro atoms. The molecule has 2 aromatic carbocycles. The van der Waals surface area contributed by atoms with Gasteiger partial charge in [0.05, 0.1) is 13.7 Å². The van der Waals surface area contributed by atoms with E-state index in [1.165, 1.54) is 7.11 Å². The van der Waals surface area contributed by atoms with Crippen LogP contribution in [0.4, 0.5) is 0 Å². The maximum Gasteiger partial charge on any atom is 0.251 e. The molecule has 0 aliphatic carbocycles. The van der Waals surface area contributed by atoms with Crippen LogP contribution >= 0.6 is 0 Å². The highest BCUT2D eigenvalue weighted by molar-refractivity contribution is 5.94. The number of carbonyl (C=O) groups is 1. The summed E-state index contributed by atoms with van der Waals surface area (Å²) >= 11 is 0. The predicted molar refractivity (Wildman–Crippen MR) is 97.5 cm³/mol. The van der Waals surface area contributed by atoms with Crippen molar-refractivity contribution in [2.24, 2.45) is 0 Å². The van der Waals surface area contributed by atoms with Crippen LogP contribution in [0.3, 0.4) is 0 Å². The third-order valence-electron chi connectivity index (χ3n) is 3.49. The average Bonchev–Trinajstić information content (AvgIpc) is 2.65. The molecule has 2 aromatic rings. The average molecular weight is 341 g/mol. The van der Waals surface area contributed by atoms with Crippen LogP contribution in [0.25, 0.3) is 0 Å². The molecule has 0 aliphatic heterocycles. The lowest BCUT2D eigenvalue weighted by Crippen LogP contribution is -2.23.